The predicted molar refractivity (Wildman–Crippen MR) is 91.6 cm³/mol. The van der Waals surface area contributed by atoms with Crippen LogP contribution >= 0.6 is 15.9 Å². The van der Waals surface area contributed by atoms with Gasteiger partial charge < -0.3 is 0 Å². The predicted octanol–water partition coefficient (Wildman–Crippen LogP) is 6.12. The second-order valence-corrected chi connectivity index (χ2v) is 7.46. The summed E-state index contributed by atoms with van der Waals surface area (Å²) < 4.78 is 0. The van der Waals surface area contributed by atoms with E-state index in [2.05, 4.69) is 58.4 Å². The van der Waals surface area contributed by atoms with Crippen molar-refractivity contribution in [2.75, 3.05) is 0 Å². The van der Waals surface area contributed by atoms with Gasteiger partial charge >= 0.3 is 0 Å². The summed E-state index contributed by atoms with van der Waals surface area (Å²) in [6, 6.07) is 15.4. The molecular weight excluding hydrogens is 308 g/mol. The van der Waals surface area contributed by atoms with Gasteiger partial charge in [0.1, 0.15) is 0 Å². The Morgan fingerprint density at radius 3 is 2.60 bits per heavy atom. The Kier molecular flexibility index (Phi) is 4.77. The van der Waals surface area contributed by atoms with Crippen LogP contribution in [0.25, 0.3) is 10.8 Å². The van der Waals surface area contributed by atoms with Crippen molar-refractivity contribution in [1.82, 2.24) is 0 Å². The van der Waals surface area contributed by atoms with Crippen LogP contribution in [0, 0.1) is 5.92 Å². The summed E-state index contributed by atoms with van der Waals surface area (Å²) in [7, 11) is 0. The number of hydrogen-bond acceptors (Lipinski definition) is 0. The van der Waals surface area contributed by atoms with Crippen molar-refractivity contribution in [3.63, 3.8) is 0 Å². The zero-order valence-corrected chi connectivity index (χ0v) is 13.6. The van der Waals surface area contributed by atoms with Crippen LogP contribution in [-0.4, -0.2) is 4.83 Å². The van der Waals surface area contributed by atoms with Crippen molar-refractivity contribution in [1.29, 1.82) is 0 Å². The first-order valence-corrected chi connectivity index (χ1v) is 8.85. The van der Waals surface area contributed by atoms with Crippen LogP contribution in [0.15, 0.2) is 42.5 Å². The van der Waals surface area contributed by atoms with Crippen molar-refractivity contribution >= 4 is 26.7 Å². The molecule has 1 unspecified atom stereocenters. The average molecular weight is 331 g/mol. The fourth-order valence-corrected chi connectivity index (χ4v) is 4.14. The molecule has 0 heterocycles. The van der Waals surface area contributed by atoms with Gasteiger partial charge in [-0.05, 0) is 41.5 Å². The Morgan fingerprint density at radius 1 is 1.00 bits per heavy atom. The molecule has 0 spiro atoms. The quantitative estimate of drug-likeness (QED) is 0.579. The van der Waals surface area contributed by atoms with E-state index in [1.54, 1.807) is 0 Å². The number of rotatable bonds is 5. The van der Waals surface area contributed by atoms with Gasteiger partial charge in [0.25, 0.3) is 0 Å². The highest BCUT2D eigenvalue weighted by atomic mass is 79.9. The van der Waals surface area contributed by atoms with E-state index in [4.69, 9.17) is 0 Å². The molecule has 0 amide bonds. The maximum atomic E-state index is 3.91. The Labute approximate surface area is 130 Å². The number of fused-ring (bicyclic) bond motifs is 1. The van der Waals surface area contributed by atoms with Crippen molar-refractivity contribution in [3.8, 4) is 0 Å². The molecule has 0 saturated heterocycles. The van der Waals surface area contributed by atoms with Crippen LogP contribution in [0.4, 0.5) is 0 Å². The SMILES string of the molecule is BrC(CCC1CCCC1)Cc1cccc2ccccc12. The summed E-state index contributed by atoms with van der Waals surface area (Å²) >= 11 is 3.91. The molecule has 3 rings (SSSR count). The second kappa shape index (κ2) is 6.76. The maximum Gasteiger partial charge on any atom is 0.0186 e. The van der Waals surface area contributed by atoms with Crippen LogP contribution in [0.5, 0.6) is 0 Å². The minimum atomic E-state index is 0.619. The van der Waals surface area contributed by atoms with Gasteiger partial charge in [0.2, 0.25) is 0 Å². The highest BCUT2D eigenvalue weighted by molar-refractivity contribution is 9.09. The fourth-order valence-electron chi connectivity index (χ4n) is 3.53. The second-order valence-electron chi connectivity index (χ2n) is 6.17. The summed E-state index contributed by atoms with van der Waals surface area (Å²) in [5, 5.41) is 2.78. The smallest absolute Gasteiger partial charge is 0.0186 e. The lowest BCUT2D eigenvalue weighted by Gasteiger charge is -2.14. The lowest BCUT2D eigenvalue weighted by molar-refractivity contribution is 0.479. The third-order valence-corrected chi connectivity index (χ3v) is 5.47. The molecular formula is C19H23Br. The van der Waals surface area contributed by atoms with Crippen LogP contribution in [0.2, 0.25) is 0 Å². The molecule has 2 aromatic carbocycles. The summed E-state index contributed by atoms with van der Waals surface area (Å²) in [6.07, 6.45) is 9.71. The van der Waals surface area contributed by atoms with E-state index in [1.165, 1.54) is 54.9 Å². The molecule has 1 fully saturated rings. The number of benzene rings is 2. The Hall–Kier alpha value is -0.820. The fraction of sp³-hybridized carbons (Fsp3) is 0.474. The Balaban J connectivity index is 1.63. The molecule has 1 aliphatic carbocycles. The lowest BCUT2D eigenvalue weighted by Crippen LogP contribution is -2.06. The number of alkyl halides is 1. The first-order chi connectivity index (χ1) is 9.83. The van der Waals surface area contributed by atoms with Gasteiger partial charge in [0.15, 0.2) is 0 Å². The van der Waals surface area contributed by atoms with Crippen molar-refractivity contribution < 1.29 is 0 Å². The molecule has 20 heavy (non-hydrogen) atoms. The van der Waals surface area contributed by atoms with Gasteiger partial charge in [-0.3, -0.25) is 0 Å². The van der Waals surface area contributed by atoms with E-state index in [-0.39, 0.29) is 0 Å². The molecule has 0 radical (unpaired) electrons. The minimum absolute atomic E-state index is 0.619. The molecule has 1 heteroatoms. The summed E-state index contributed by atoms with van der Waals surface area (Å²) in [4.78, 5) is 0.619. The van der Waals surface area contributed by atoms with E-state index in [0.717, 1.165) is 12.3 Å². The first-order valence-electron chi connectivity index (χ1n) is 7.93. The third-order valence-electron chi connectivity index (χ3n) is 4.68. The Morgan fingerprint density at radius 2 is 1.75 bits per heavy atom. The number of hydrogen-bond donors (Lipinski definition) is 0. The van der Waals surface area contributed by atoms with Crippen molar-refractivity contribution in [2.24, 2.45) is 5.92 Å². The molecule has 1 atom stereocenters. The van der Waals surface area contributed by atoms with Gasteiger partial charge in [-0.15, -0.1) is 0 Å². The summed E-state index contributed by atoms with van der Waals surface area (Å²) in [5.41, 5.74) is 1.48. The van der Waals surface area contributed by atoms with Crippen molar-refractivity contribution in [3.05, 3.63) is 48.0 Å². The summed E-state index contributed by atoms with van der Waals surface area (Å²) in [6.45, 7) is 0. The largest absolute Gasteiger partial charge is 0.0887 e. The Bertz CT molecular complexity index is 549. The van der Waals surface area contributed by atoms with Gasteiger partial charge in [0.05, 0.1) is 0 Å². The molecule has 2 aromatic rings. The standard InChI is InChI=1S/C19H23Br/c20-18(13-12-15-6-1-2-7-15)14-17-10-5-9-16-8-3-4-11-19(16)17/h3-5,8-11,15,18H,1-2,6-7,12-14H2. The first kappa shape index (κ1) is 14.1. The zero-order valence-electron chi connectivity index (χ0n) is 12.0. The topological polar surface area (TPSA) is 0 Å². The van der Waals surface area contributed by atoms with Crippen LogP contribution < -0.4 is 0 Å². The van der Waals surface area contributed by atoms with E-state index in [1.807, 2.05) is 0 Å². The highest BCUT2D eigenvalue weighted by Crippen LogP contribution is 2.31. The van der Waals surface area contributed by atoms with E-state index in [0.29, 0.717) is 4.83 Å². The molecule has 106 valence electrons. The van der Waals surface area contributed by atoms with Crippen LogP contribution in [0.3, 0.4) is 0 Å². The molecule has 0 bridgehead atoms. The van der Waals surface area contributed by atoms with Gasteiger partial charge in [0, 0.05) is 4.83 Å². The van der Waals surface area contributed by atoms with Gasteiger partial charge in [-0.25, -0.2) is 0 Å². The third kappa shape index (κ3) is 3.44. The van der Waals surface area contributed by atoms with E-state index < -0.39 is 0 Å². The molecule has 1 aliphatic rings. The molecule has 0 nitrogen and oxygen atoms in total. The zero-order chi connectivity index (χ0) is 13.8. The van der Waals surface area contributed by atoms with E-state index >= 15 is 0 Å². The minimum Gasteiger partial charge on any atom is -0.0887 e. The molecule has 0 N–H and O–H groups in total. The van der Waals surface area contributed by atoms with Gasteiger partial charge in [-0.2, -0.15) is 0 Å². The monoisotopic (exact) mass is 330 g/mol. The molecule has 0 aromatic heterocycles. The maximum absolute atomic E-state index is 3.91. The number of halogens is 1. The molecule has 0 aliphatic heterocycles. The average Bonchev–Trinajstić information content (AvgIpc) is 2.99. The highest BCUT2D eigenvalue weighted by Gasteiger charge is 2.16. The normalized spacial score (nSPS) is 17.6. The lowest BCUT2D eigenvalue weighted by atomic mass is 9.96. The van der Waals surface area contributed by atoms with Gasteiger partial charge in [-0.1, -0.05) is 84.1 Å². The summed E-state index contributed by atoms with van der Waals surface area (Å²) in [5.74, 6) is 1.00. The van der Waals surface area contributed by atoms with Crippen LogP contribution in [0.1, 0.15) is 44.1 Å². The van der Waals surface area contributed by atoms with Crippen molar-refractivity contribution in [2.45, 2.75) is 49.8 Å². The van der Waals surface area contributed by atoms with Crippen LogP contribution in [-0.2, 0) is 6.42 Å². The molecule has 1 saturated carbocycles. The van der Waals surface area contributed by atoms with E-state index in [9.17, 15) is 0 Å².